The predicted molar refractivity (Wildman–Crippen MR) is 117 cm³/mol. The van der Waals surface area contributed by atoms with E-state index in [0.717, 1.165) is 31.9 Å². The van der Waals surface area contributed by atoms with Crippen LogP contribution in [0.5, 0.6) is 5.88 Å². The Morgan fingerprint density at radius 2 is 2.03 bits per heavy atom. The number of H-pyrrole nitrogens is 1. The van der Waals surface area contributed by atoms with Crippen LogP contribution in [-0.4, -0.2) is 54.8 Å². The highest BCUT2D eigenvalue weighted by Gasteiger charge is 2.55. The number of aromatic nitrogens is 5. The highest BCUT2D eigenvalue weighted by atomic mass is 19.4. The maximum Gasteiger partial charge on any atom is 0.574 e. The molecule has 0 unspecified atom stereocenters. The molecule has 6 rings (SSSR count). The van der Waals surface area contributed by atoms with Gasteiger partial charge in [0.2, 0.25) is 11.8 Å². The van der Waals surface area contributed by atoms with Crippen molar-refractivity contribution >= 4 is 23.5 Å². The Hall–Kier alpha value is -3.58. The van der Waals surface area contributed by atoms with E-state index in [-0.39, 0.29) is 23.0 Å². The van der Waals surface area contributed by atoms with Gasteiger partial charge in [0.25, 0.3) is 0 Å². The molecule has 192 valence electrons. The van der Waals surface area contributed by atoms with Gasteiger partial charge in [0, 0.05) is 29.4 Å². The lowest BCUT2D eigenvalue weighted by Gasteiger charge is -2.58. The zero-order valence-corrected chi connectivity index (χ0v) is 18.9. The molecule has 0 saturated heterocycles. The number of carbonyl (C=O) groups excluding carboxylic acids is 1. The van der Waals surface area contributed by atoms with Gasteiger partial charge >= 0.3 is 12.5 Å². The summed E-state index contributed by atoms with van der Waals surface area (Å²) in [6.07, 6.45) is -0.320. The maximum absolute atomic E-state index is 15.2. The number of fused-ring (bicyclic) bond motifs is 2. The summed E-state index contributed by atoms with van der Waals surface area (Å²) in [5.41, 5.74) is 0.540. The summed E-state index contributed by atoms with van der Waals surface area (Å²) in [6, 6.07) is 3.01. The van der Waals surface area contributed by atoms with Crippen molar-refractivity contribution in [2.45, 2.75) is 68.6 Å². The van der Waals surface area contributed by atoms with Crippen LogP contribution in [0.3, 0.4) is 0 Å². The van der Waals surface area contributed by atoms with E-state index in [1.165, 1.54) is 16.7 Å². The minimum atomic E-state index is -4.88. The van der Waals surface area contributed by atoms with Crippen LogP contribution in [0.1, 0.15) is 50.1 Å². The summed E-state index contributed by atoms with van der Waals surface area (Å²) in [5.74, 6) is -0.239. The molecule has 3 saturated carbocycles. The summed E-state index contributed by atoms with van der Waals surface area (Å²) in [5, 5.41) is 12.8. The summed E-state index contributed by atoms with van der Waals surface area (Å²) < 4.78 is 63.4. The third kappa shape index (κ3) is 4.07. The quantitative estimate of drug-likeness (QED) is 0.423. The van der Waals surface area contributed by atoms with E-state index in [9.17, 15) is 18.0 Å². The van der Waals surface area contributed by atoms with Crippen LogP contribution in [0, 0.1) is 5.92 Å². The van der Waals surface area contributed by atoms with Crippen LogP contribution in [0.25, 0.3) is 5.65 Å². The lowest BCUT2D eigenvalue weighted by molar-refractivity contribution is -0.276. The van der Waals surface area contributed by atoms with E-state index >= 15 is 4.39 Å². The van der Waals surface area contributed by atoms with Gasteiger partial charge in [0.15, 0.2) is 5.82 Å². The Morgan fingerprint density at radius 1 is 1.22 bits per heavy atom. The first-order valence-corrected chi connectivity index (χ1v) is 11.7. The Labute approximate surface area is 201 Å². The van der Waals surface area contributed by atoms with Crippen LogP contribution in [0.4, 0.5) is 34.1 Å². The Morgan fingerprint density at radius 3 is 2.72 bits per heavy atom. The van der Waals surface area contributed by atoms with Crippen molar-refractivity contribution in [3.05, 3.63) is 30.2 Å². The number of rotatable bonds is 6. The minimum Gasteiger partial charge on any atom is -0.443 e. The first-order chi connectivity index (χ1) is 17.2. The molecule has 3 aliphatic carbocycles. The molecule has 3 aromatic heterocycles. The largest absolute Gasteiger partial charge is 0.574 e. The molecule has 3 fully saturated rings. The summed E-state index contributed by atoms with van der Waals surface area (Å²) in [4.78, 5) is 20.2. The average molecular weight is 509 g/mol. The number of anilines is 2. The summed E-state index contributed by atoms with van der Waals surface area (Å²) in [6.45, 7) is 0. The third-order valence-electron chi connectivity index (χ3n) is 7.59. The molecule has 0 spiro atoms. The Kier molecular flexibility index (Phi) is 5.23. The molecule has 3 aliphatic rings. The van der Waals surface area contributed by atoms with Gasteiger partial charge in [-0.05, 0) is 50.5 Å². The number of nitrogens with one attached hydrogen (secondary N) is 3. The number of alkyl carbamates (subject to hydrolysis) is 1. The topological polar surface area (TPSA) is 118 Å². The smallest absolute Gasteiger partial charge is 0.443 e. The molecule has 0 bridgehead atoms. The number of ether oxygens (including phenoxy) is 2. The molecule has 3 heterocycles. The van der Waals surface area contributed by atoms with Gasteiger partial charge in [-0.2, -0.15) is 10.1 Å². The van der Waals surface area contributed by atoms with Crippen molar-refractivity contribution in [1.82, 2.24) is 29.9 Å². The number of alkyl halides is 4. The third-order valence-corrected chi connectivity index (χ3v) is 7.59. The van der Waals surface area contributed by atoms with Crippen molar-refractivity contribution in [2.75, 3.05) is 5.32 Å². The van der Waals surface area contributed by atoms with E-state index in [4.69, 9.17) is 4.74 Å². The van der Waals surface area contributed by atoms with Gasteiger partial charge in [-0.25, -0.2) is 14.2 Å². The fourth-order valence-electron chi connectivity index (χ4n) is 5.49. The van der Waals surface area contributed by atoms with Crippen LogP contribution < -0.4 is 15.4 Å². The number of imidazole rings is 1. The van der Waals surface area contributed by atoms with E-state index in [1.54, 1.807) is 6.07 Å². The Bertz CT molecular complexity index is 1280. The molecule has 14 heteroatoms. The first-order valence-electron chi connectivity index (χ1n) is 11.7. The standard InChI is InChI=1S/C22H23F4N7O3/c23-18-12(1-2-14(18)35-20(34)30-21-6-3-11(21)4-7-21)13-9-15(32-31-13)28-19-27-8-5-16-29-17(10-33(16)19)36-22(24,25)26/h5,8-12,14,18H,1-4,6-7H2,(H,30,34)(H2,27,28,31,32)/t11?,12-,14-,18+,21?/m0/s1. The lowest BCUT2D eigenvalue weighted by Crippen LogP contribution is -2.66. The fraction of sp³-hybridized carbons (Fsp3) is 0.545. The van der Waals surface area contributed by atoms with Gasteiger partial charge < -0.3 is 20.1 Å². The van der Waals surface area contributed by atoms with Crippen LogP contribution in [0.2, 0.25) is 0 Å². The summed E-state index contributed by atoms with van der Waals surface area (Å²) in [7, 11) is 0. The van der Waals surface area contributed by atoms with Gasteiger partial charge in [-0.3, -0.25) is 9.50 Å². The van der Waals surface area contributed by atoms with Crippen molar-refractivity contribution < 1.29 is 31.8 Å². The van der Waals surface area contributed by atoms with E-state index in [1.807, 2.05) is 0 Å². The number of halogens is 4. The number of aromatic amines is 1. The normalized spacial score (nSPS) is 29.2. The Balaban J connectivity index is 1.10. The number of amides is 1. The van der Waals surface area contributed by atoms with Crippen molar-refractivity contribution in [3.63, 3.8) is 0 Å². The van der Waals surface area contributed by atoms with Gasteiger partial charge in [0.05, 0.1) is 6.20 Å². The molecule has 3 N–H and O–H groups in total. The van der Waals surface area contributed by atoms with E-state index < -0.39 is 36.5 Å². The van der Waals surface area contributed by atoms with Crippen LogP contribution in [-0.2, 0) is 4.74 Å². The molecular formula is C22H23F4N7O3. The minimum absolute atomic E-state index is 0.140. The molecule has 0 aliphatic heterocycles. The highest BCUT2D eigenvalue weighted by Crippen LogP contribution is 2.53. The van der Waals surface area contributed by atoms with Gasteiger partial charge in [0.1, 0.15) is 17.9 Å². The molecule has 0 aromatic carbocycles. The number of nitrogens with zero attached hydrogens (tertiary/aromatic N) is 4. The fourth-order valence-corrected chi connectivity index (χ4v) is 5.49. The molecule has 10 nitrogen and oxygen atoms in total. The first kappa shape index (κ1) is 22.9. The average Bonchev–Trinajstić information content (AvgIpc) is 3.51. The van der Waals surface area contributed by atoms with Gasteiger partial charge in [-0.1, -0.05) is 0 Å². The number of carbonyl (C=O) groups is 1. The van der Waals surface area contributed by atoms with Crippen molar-refractivity contribution in [2.24, 2.45) is 5.92 Å². The second-order valence-corrected chi connectivity index (χ2v) is 9.58. The number of hydrogen-bond acceptors (Lipinski definition) is 7. The van der Waals surface area contributed by atoms with Crippen molar-refractivity contribution in [1.29, 1.82) is 0 Å². The number of hydrogen-bond donors (Lipinski definition) is 3. The molecule has 0 radical (unpaired) electrons. The second kappa shape index (κ2) is 8.23. The molecule has 1 amide bonds. The van der Waals surface area contributed by atoms with Crippen LogP contribution in [0.15, 0.2) is 24.5 Å². The molecular weight excluding hydrogens is 486 g/mol. The zero-order valence-electron chi connectivity index (χ0n) is 18.9. The second-order valence-electron chi connectivity index (χ2n) is 9.58. The van der Waals surface area contributed by atoms with Gasteiger partial charge in [-0.15, -0.1) is 13.2 Å². The predicted octanol–water partition coefficient (Wildman–Crippen LogP) is 4.35. The molecule has 3 atom stereocenters. The van der Waals surface area contributed by atoms with Crippen molar-refractivity contribution in [3.8, 4) is 5.88 Å². The molecule has 36 heavy (non-hydrogen) atoms. The van der Waals surface area contributed by atoms with E-state index in [0.29, 0.717) is 24.5 Å². The van der Waals surface area contributed by atoms with E-state index in [2.05, 4.69) is 35.5 Å². The lowest BCUT2D eigenvalue weighted by atomic mass is 9.53. The van der Waals surface area contributed by atoms with Crippen LogP contribution >= 0.6 is 0 Å². The monoisotopic (exact) mass is 509 g/mol. The maximum atomic E-state index is 15.2. The molecule has 3 aromatic rings. The SMILES string of the molecule is O=C(NC12CCC1CC2)O[C@H]1CC[C@@H](c2cc(Nc3nccc4nc(OC(F)(F)F)cn34)n[nH]2)[C@H]1F. The summed E-state index contributed by atoms with van der Waals surface area (Å²) >= 11 is 0. The zero-order chi connectivity index (χ0) is 25.1. The highest BCUT2D eigenvalue weighted by molar-refractivity contribution is 5.69.